The molecule has 0 spiro atoms. The van der Waals surface area contributed by atoms with Gasteiger partial charge in [-0.3, -0.25) is 4.79 Å². The highest BCUT2D eigenvalue weighted by Crippen LogP contribution is 2.31. The van der Waals surface area contributed by atoms with E-state index in [1.165, 1.54) is 12.0 Å². The van der Waals surface area contributed by atoms with Crippen molar-refractivity contribution in [2.45, 2.75) is 19.4 Å². The minimum Gasteiger partial charge on any atom is -0.481 e. The molecule has 1 unspecified atom stereocenters. The van der Waals surface area contributed by atoms with E-state index in [2.05, 4.69) is 5.32 Å². The van der Waals surface area contributed by atoms with Crippen molar-refractivity contribution in [2.75, 3.05) is 26.8 Å². The van der Waals surface area contributed by atoms with Crippen molar-refractivity contribution in [2.24, 2.45) is 5.41 Å². The van der Waals surface area contributed by atoms with E-state index in [9.17, 15) is 14.7 Å². The Hall–Kier alpha value is -1.79. The molecule has 6 nitrogen and oxygen atoms in total. The molecule has 0 radical (unpaired) electrons. The van der Waals surface area contributed by atoms with E-state index in [0.717, 1.165) is 5.56 Å². The van der Waals surface area contributed by atoms with Gasteiger partial charge in [-0.25, -0.2) is 4.79 Å². The summed E-state index contributed by atoms with van der Waals surface area (Å²) in [6.07, 6.45) is 0.379. The van der Waals surface area contributed by atoms with Crippen LogP contribution in [0.5, 0.6) is 0 Å². The predicted molar refractivity (Wildman–Crippen MR) is 86.5 cm³/mol. The smallest absolute Gasteiger partial charge is 0.317 e. The molecule has 2 N–H and O–H groups in total. The molecule has 0 aliphatic carbocycles. The highest BCUT2D eigenvalue weighted by Gasteiger charge is 2.46. The van der Waals surface area contributed by atoms with Gasteiger partial charge in [0, 0.05) is 25.2 Å². The number of methoxy groups -OCH3 is 1. The number of nitrogens with one attached hydrogen (secondary N) is 1. The van der Waals surface area contributed by atoms with Gasteiger partial charge in [0.1, 0.15) is 5.41 Å². The lowest BCUT2D eigenvalue weighted by atomic mass is 9.88. The molecule has 2 amide bonds. The van der Waals surface area contributed by atoms with Crippen LogP contribution in [0.3, 0.4) is 0 Å². The summed E-state index contributed by atoms with van der Waals surface area (Å²) in [5, 5.41) is 12.9. The number of halogens is 1. The molecular formula is C16H21ClN2O4. The fourth-order valence-electron chi connectivity index (χ4n) is 2.86. The number of benzene rings is 1. The largest absolute Gasteiger partial charge is 0.481 e. The van der Waals surface area contributed by atoms with E-state index in [0.29, 0.717) is 18.0 Å². The molecule has 1 aliphatic rings. The number of rotatable bonds is 5. The number of hydrogen-bond acceptors (Lipinski definition) is 3. The van der Waals surface area contributed by atoms with Crippen LogP contribution in [0.1, 0.15) is 24.9 Å². The Kier molecular flexibility index (Phi) is 5.49. The van der Waals surface area contributed by atoms with Gasteiger partial charge in [0.25, 0.3) is 0 Å². The number of likely N-dealkylation sites (tertiary alicyclic amines) is 1. The average molecular weight is 341 g/mol. The van der Waals surface area contributed by atoms with E-state index >= 15 is 0 Å². The molecule has 0 aromatic heterocycles. The van der Waals surface area contributed by atoms with Crippen molar-refractivity contribution in [1.29, 1.82) is 0 Å². The Bertz CT molecular complexity index is 595. The molecule has 1 aromatic carbocycles. The second-order valence-electron chi connectivity index (χ2n) is 5.88. The number of amides is 2. The first kappa shape index (κ1) is 17.6. The monoisotopic (exact) mass is 340 g/mol. The minimum atomic E-state index is -1.03. The van der Waals surface area contributed by atoms with Gasteiger partial charge in [-0.2, -0.15) is 0 Å². The van der Waals surface area contributed by atoms with E-state index in [-0.39, 0.29) is 25.2 Å². The van der Waals surface area contributed by atoms with Crippen LogP contribution < -0.4 is 5.32 Å². The second kappa shape index (κ2) is 7.19. The summed E-state index contributed by atoms with van der Waals surface area (Å²) in [5.74, 6) is -0.936. The molecule has 7 heteroatoms. The summed E-state index contributed by atoms with van der Waals surface area (Å²) in [6.45, 7) is 2.45. The van der Waals surface area contributed by atoms with E-state index in [4.69, 9.17) is 16.3 Å². The van der Waals surface area contributed by atoms with Crippen LogP contribution in [0.4, 0.5) is 4.79 Å². The number of carbonyl (C=O) groups is 2. The van der Waals surface area contributed by atoms with Gasteiger partial charge in [0.2, 0.25) is 0 Å². The van der Waals surface area contributed by atoms with E-state index in [1.807, 2.05) is 25.1 Å². The normalized spacial score (nSPS) is 22.0. The average Bonchev–Trinajstić information content (AvgIpc) is 2.94. The van der Waals surface area contributed by atoms with Crippen molar-refractivity contribution in [3.63, 3.8) is 0 Å². The maximum Gasteiger partial charge on any atom is 0.317 e. The van der Waals surface area contributed by atoms with Crippen molar-refractivity contribution < 1.29 is 19.4 Å². The first-order valence-corrected chi connectivity index (χ1v) is 7.79. The summed E-state index contributed by atoms with van der Waals surface area (Å²) in [4.78, 5) is 25.4. The molecule has 0 bridgehead atoms. The maximum absolute atomic E-state index is 12.4. The fraction of sp³-hybridized carbons (Fsp3) is 0.500. The summed E-state index contributed by atoms with van der Waals surface area (Å²) in [5.41, 5.74) is -0.206. The molecule has 0 saturated carbocycles. The van der Waals surface area contributed by atoms with E-state index in [1.54, 1.807) is 6.07 Å². The van der Waals surface area contributed by atoms with Crippen LogP contribution in [0.15, 0.2) is 24.3 Å². The number of carbonyl (C=O) groups excluding carboxylic acids is 1. The molecular weight excluding hydrogens is 320 g/mol. The third kappa shape index (κ3) is 3.76. The molecule has 1 aromatic rings. The highest BCUT2D eigenvalue weighted by molar-refractivity contribution is 6.31. The fourth-order valence-corrected chi connectivity index (χ4v) is 3.16. The van der Waals surface area contributed by atoms with E-state index < -0.39 is 11.4 Å². The summed E-state index contributed by atoms with van der Waals surface area (Å²) >= 11 is 6.13. The molecule has 23 heavy (non-hydrogen) atoms. The van der Waals surface area contributed by atoms with Gasteiger partial charge in [-0.1, -0.05) is 29.8 Å². The number of nitrogens with zero attached hydrogens (tertiary/aromatic N) is 1. The number of urea groups is 1. The third-order valence-electron chi connectivity index (χ3n) is 4.23. The zero-order valence-corrected chi connectivity index (χ0v) is 14.0. The number of carboxylic acid groups (broad SMARTS) is 1. The van der Waals surface area contributed by atoms with Crippen LogP contribution in [0.2, 0.25) is 5.02 Å². The number of aliphatic carboxylic acids is 1. The van der Waals surface area contributed by atoms with Crippen LogP contribution in [-0.2, 0) is 9.53 Å². The number of carboxylic acids is 1. The maximum atomic E-state index is 12.4. The molecule has 126 valence electrons. The SMILES string of the molecule is COCC1(C(=O)O)CCN(C(=O)N[C@@H](C)c2ccccc2Cl)C1. The molecule has 1 heterocycles. The van der Waals surface area contributed by atoms with Gasteiger partial charge in [-0.15, -0.1) is 0 Å². The Morgan fingerprint density at radius 2 is 2.17 bits per heavy atom. The molecule has 2 atom stereocenters. The summed E-state index contributed by atoms with van der Waals surface area (Å²) in [7, 11) is 1.47. The Balaban J connectivity index is 2.02. The lowest BCUT2D eigenvalue weighted by Crippen LogP contribution is -2.44. The highest BCUT2D eigenvalue weighted by atomic mass is 35.5. The van der Waals surface area contributed by atoms with Crippen molar-refractivity contribution >= 4 is 23.6 Å². The summed E-state index contributed by atoms with van der Waals surface area (Å²) < 4.78 is 5.03. The van der Waals surface area contributed by atoms with Crippen molar-refractivity contribution in [3.05, 3.63) is 34.9 Å². The quantitative estimate of drug-likeness (QED) is 0.863. The number of ether oxygens (including phenoxy) is 1. The molecule has 1 saturated heterocycles. The van der Waals surface area contributed by atoms with Gasteiger partial charge in [0.15, 0.2) is 0 Å². The number of hydrogen-bond donors (Lipinski definition) is 2. The standard InChI is InChI=1S/C16H21ClN2O4/c1-11(12-5-3-4-6-13(12)17)18-15(22)19-8-7-16(9-19,10-23-2)14(20)21/h3-6,11H,7-10H2,1-2H3,(H,18,22)(H,20,21)/t11-,16?/m0/s1. The van der Waals surface area contributed by atoms with Crippen LogP contribution in [0, 0.1) is 5.41 Å². The Labute approximate surface area is 140 Å². The second-order valence-corrected chi connectivity index (χ2v) is 6.29. The van der Waals surface area contributed by atoms with Crippen molar-refractivity contribution in [1.82, 2.24) is 10.2 Å². The minimum absolute atomic E-state index is 0.0895. The molecule has 1 fully saturated rings. The first-order valence-electron chi connectivity index (χ1n) is 7.42. The first-order chi connectivity index (χ1) is 10.9. The van der Waals surface area contributed by atoms with Crippen molar-refractivity contribution in [3.8, 4) is 0 Å². The topological polar surface area (TPSA) is 78.9 Å². The zero-order chi connectivity index (χ0) is 17.0. The Morgan fingerprint density at radius 1 is 1.48 bits per heavy atom. The molecule has 2 rings (SSSR count). The van der Waals surface area contributed by atoms with Gasteiger partial charge in [0.05, 0.1) is 12.6 Å². The molecule has 1 aliphatic heterocycles. The van der Waals surface area contributed by atoms with Gasteiger partial charge >= 0.3 is 12.0 Å². The third-order valence-corrected chi connectivity index (χ3v) is 4.57. The predicted octanol–water partition coefficient (Wildman–Crippen LogP) is 2.53. The van der Waals surface area contributed by atoms with Gasteiger partial charge < -0.3 is 20.1 Å². The lowest BCUT2D eigenvalue weighted by Gasteiger charge is -2.25. The Morgan fingerprint density at radius 3 is 2.78 bits per heavy atom. The van der Waals surface area contributed by atoms with Crippen LogP contribution in [0.25, 0.3) is 0 Å². The lowest BCUT2D eigenvalue weighted by molar-refractivity contribution is -0.151. The van der Waals surface area contributed by atoms with Crippen LogP contribution in [-0.4, -0.2) is 48.8 Å². The van der Waals surface area contributed by atoms with Gasteiger partial charge in [-0.05, 0) is 25.0 Å². The zero-order valence-electron chi connectivity index (χ0n) is 13.2. The summed E-state index contributed by atoms with van der Waals surface area (Å²) in [6, 6.07) is 6.74. The van der Waals surface area contributed by atoms with Crippen LogP contribution >= 0.6 is 11.6 Å².